The van der Waals surface area contributed by atoms with Gasteiger partial charge >= 0.3 is 6.09 Å². The minimum atomic E-state index is -0.366. The number of fused-ring (bicyclic) bond motifs is 3. The number of benzene rings is 2. The molecule has 0 saturated carbocycles. The quantitative estimate of drug-likeness (QED) is 0.162. The Labute approximate surface area is 242 Å². The van der Waals surface area contributed by atoms with Crippen molar-refractivity contribution in [3.05, 3.63) is 59.7 Å². The number of carbonyl (C=O) groups is 2. The standard InChI is InChI=1S/C35H52N2O3/c1-3-4-5-6-7-8-9-10-11-12-13-25-34(38)36-26-19-18-20-28(2)37-35(39)40-27-33-31-23-16-14-21-29(31)30-22-15-17-24-32(30)33/h14-17,21-24,28,33H,3-13,18-20,25-27H2,1-2H3,(H,36,38)(H,37,39)/t28-/m0/s1. The summed E-state index contributed by atoms with van der Waals surface area (Å²) in [6, 6.07) is 16.7. The number of hydrogen-bond donors (Lipinski definition) is 2. The fourth-order valence-corrected chi connectivity index (χ4v) is 5.75. The van der Waals surface area contributed by atoms with Crippen molar-refractivity contribution < 1.29 is 14.3 Å². The molecule has 3 rings (SSSR count). The molecule has 0 aromatic heterocycles. The molecule has 2 aromatic rings. The molecule has 0 spiro atoms. The van der Waals surface area contributed by atoms with E-state index in [9.17, 15) is 9.59 Å². The van der Waals surface area contributed by atoms with Crippen molar-refractivity contribution in [1.82, 2.24) is 10.6 Å². The van der Waals surface area contributed by atoms with E-state index in [1.54, 1.807) is 0 Å². The maximum absolute atomic E-state index is 12.5. The predicted molar refractivity (Wildman–Crippen MR) is 166 cm³/mol. The number of ether oxygens (including phenoxy) is 1. The molecule has 5 heteroatoms. The smallest absolute Gasteiger partial charge is 0.407 e. The van der Waals surface area contributed by atoms with Gasteiger partial charge in [-0.05, 0) is 54.9 Å². The first-order valence-electron chi connectivity index (χ1n) is 16.0. The van der Waals surface area contributed by atoms with E-state index < -0.39 is 0 Å². The average Bonchev–Trinajstić information content (AvgIpc) is 3.28. The monoisotopic (exact) mass is 548 g/mol. The van der Waals surface area contributed by atoms with Gasteiger partial charge in [0, 0.05) is 24.9 Å². The number of amides is 2. The van der Waals surface area contributed by atoms with Crippen LogP contribution in [0.2, 0.25) is 0 Å². The molecule has 0 bridgehead atoms. The lowest BCUT2D eigenvalue weighted by Gasteiger charge is -2.17. The second-order valence-corrected chi connectivity index (χ2v) is 11.5. The van der Waals surface area contributed by atoms with Crippen LogP contribution in [0, 0.1) is 0 Å². The normalized spacial score (nSPS) is 12.9. The van der Waals surface area contributed by atoms with Crippen LogP contribution in [0.25, 0.3) is 11.1 Å². The Morgan fingerprint density at radius 2 is 1.30 bits per heavy atom. The topological polar surface area (TPSA) is 67.4 Å². The van der Waals surface area contributed by atoms with Crippen molar-refractivity contribution in [3.63, 3.8) is 0 Å². The first-order chi connectivity index (χ1) is 19.6. The molecular formula is C35H52N2O3. The summed E-state index contributed by atoms with van der Waals surface area (Å²) >= 11 is 0. The van der Waals surface area contributed by atoms with E-state index >= 15 is 0 Å². The first kappa shape index (κ1) is 31.7. The molecule has 1 aliphatic carbocycles. The molecule has 220 valence electrons. The number of hydrogen-bond acceptors (Lipinski definition) is 3. The van der Waals surface area contributed by atoms with Crippen LogP contribution in [0.1, 0.15) is 127 Å². The molecule has 0 fully saturated rings. The number of alkyl carbamates (subject to hydrolysis) is 1. The Morgan fingerprint density at radius 3 is 1.90 bits per heavy atom. The van der Waals surface area contributed by atoms with Crippen molar-refractivity contribution in [2.45, 2.75) is 122 Å². The Hall–Kier alpha value is -2.82. The molecule has 0 saturated heterocycles. The van der Waals surface area contributed by atoms with E-state index in [0.29, 0.717) is 19.6 Å². The highest BCUT2D eigenvalue weighted by atomic mass is 16.5. The SMILES string of the molecule is CCCCCCCCCCCCCC(=O)NCCCC[C@H](C)NC(=O)OCC1c2ccccc2-c2ccccc21. The van der Waals surface area contributed by atoms with E-state index in [-0.39, 0.29) is 24.0 Å². The molecule has 0 heterocycles. The van der Waals surface area contributed by atoms with Crippen molar-refractivity contribution >= 4 is 12.0 Å². The molecule has 0 radical (unpaired) electrons. The van der Waals surface area contributed by atoms with Crippen LogP contribution in [-0.2, 0) is 9.53 Å². The van der Waals surface area contributed by atoms with Crippen molar-refractivity contribution in [1.29, 1.82) is 0 Å². The van der Waals surface area contributed by atoms with Gasteiger partial charge in [-0.2, -0.15) is 0 Å². The lowest BCUT2D eigenvalue weighted by Crippen LogP contribution is -2.34. The van der Waals surface area contributed by atoms with Crippen molar-refractivity contribution in [2.75, 3.05) is 13.2 Å². The van der Waals surface area contributed by atoms with Crippen LogP contribution in [0.15, 0.2) is 48.5 Å². The molecule has 40 heavy (non-hydrogen) atoms. The maximum atomic E-state index is 12.5. The molecule has 0 aliphatic heterocycles. The second kappa shape index (κ2) is 18.5. The van der Waals surface area contributed by atoms with Crippen LogP contribution in [-0.4, -0.2) is 31.2 Å². The lowest BCUT2D eigenvalue weighted by molar-refractivity contribution is -0.121. The Morgan fingerprint density at radius 1 is 0.750 bits per heavy atom. The van der Waals surface area contributed by atoms with Crippen LogP contribution < -0.4 is 10.6 Å². The zero-order chi connectivity index (χ0) is 28.4. The van der Waals surface area contributed by atoms with Crippen LogP contribution in [0.5, 0.6) is 0 Å². The summed E-state index contributed by atoms with van der Waals surface area (Å²) in [5.74, 6) is 0.239. The number of rotatable bonds is 20. The molecule has 2 aromatic carbocycles. The summed E-state index contributed by atoms with van der Waals surface area (Å²) in [4.78, 5) is 24.6. The van der Waals surface area contributed by atoms with Crippen molar-refractivity contribution in [2.24, 2.45) is 0 Å². The van der Waals surface area contributed by atoms with Gasteiger partial charge in [0.15, 0.2) is 0 Å². The lowest BCUT2D eigenvalue weighted by atomic mass is 9.98. The minimum Gasteiger partial charge on any atom is -0.449 e. The van der Waals surface area contributed by atoms with Gasteiger partial charge in [0.05, 0.1) is 0 Å². The summed E-state index contributed by atoms with van der Waals surface area (Å²) in [5, 5.41) is 6.02. The Balaban J connectivity index is 1.17. The van der Waals surface area contributed by atoms with Crippen LogP contribution in [0.4, 0.5) is 4.79 Å². The van der Waals surface area contributed by atoms with Crippen LogP contribution in [0.3, 0.4) is 0 Å². The highest BCUT2D eigenvalue weighted by Gasteiger charge is 2.29. The summed E-state index contributed by atoms with van der Waals surface area (Å²) in [7, 11) is 0. The largest absolute Gasteiger partial charge is 0.449 e. The molecule has 5 nitrogen and oxygen atoms in total. The zero-order valence-corrected chi connectivity index (χ0v) is 25.0. The molecule has 1 aliphatic rings. The summed E-state index contributed by atoms with van der Waals surface area (Å²) < 4.78 is 5.65. The van der Waals surface area contributed by atoms with Crippen LogP contribution >= 0.6 is 0 Å². The van der Waals surface area contributed by atoms with Crippen molar-refractivity contribution in [3.8, 4) is 11.1 Å². The predicted octanol–water partition coefficient (Wildman–Crippen LogP) is 8.90. The molecule has 0 unspecified atom stereocenters. The van der Waals surface area contributed by atoms with E-state index in [1.165, 1.54) is 80.0 Å². The highest BCUT2D eigenvalue weighted by molar-refractivity contribution is 5.79. The van der Waals surface area contributed by atoms with Gasteiger partial charge in [-0.1, -0.05) is 120 Å². The van der Waals surface area contributed by atoms with E-state index in [1.807, 2.05) is 19.1 Å². The number of carbonyl (C=O) groups excluding carboxylic acids is 2. The average molecular weight is 549 g/mol. The Kier molecular flexibility index (Phi) is 14.7. The number of nitrogens with one attached hydrogen (secondary N) is 2. The van der Waals surface area contributed by atoms with E-state index in [2.05, 4.69) is 54.0 Å². The van der Waals surface area contributed by atoms with Gasteiger partial charge in [0.25, 0.3) is 0 Å². The molecule has 1 atom stereocenters. The van der Waals surface area contributed by atoms with Gasteiger partial charge in [-0.3, -0.25) is 4.79 Å². The summed E-state index contributed by atoms with van der Waals surface area (Å²) in [6.45, 7) is 5.30. The van der Waals surface area contributed by atoms with Gasteiger partial charge in [0.1, 0.15) is 6.61 Å². The van der Waals surface area contributed by atoms with Gasteiger partial charge in [0.2, 0.25) is 5.91 Å². The van der Waals surface area contributed by atoms with E-state index in [4.69, 9.17) is 4.74 Å². The fourth-order valence-electron chi connectivity index (χ4n) is 5.75. The summed E-state index contributed by atoms with van der Waals surface area (Å²) in [6.07, 6.45) is 17.3. The number of unbranched alkanes of at least 4 members (excludes halogenated alkanes) is 11. The third-order valence-electron chi connectivity index (χ3n) is 8.10. The molecule has 2 amide bonds. The maximum Gasteiger partial charge on any atom is 0.407 e. The van der Waals surface area contributed by atoms with Gasteiger partial charge < -0.3 is 15.4 Å². The summed E-state index contributed by atoms with van der Waals surface area (Å²) in [5.41, 5.74) is 4.89. The highest BCUT2D eigenvalue weighted by Crippen LogP contribution is 2.44. The Bertz CT molecular complexity index is 976. The van der Waals surface area contributed by atoms with E-state index in [0.717, 1.165) is 32.1 Å². The third kappa shape index (κ3) is 11.0. The minimum absolute atomic E-state index is 0.0303. The van der Waals surface area contributed by atoms with Gasteiger partial charge in [-0.15, -0.1) is 0 Å². The first-order valence-corrected chi connectivity index (χ1v) is 16.0. The molecular weight excluding hydrogens is 496 g/mol. The zero-order valence-electron chi connectivity index (χ0n) is 25.0. The fraction of sp³-hybridized carbons (Fsp3) is 0.600. The third-order valence-corrected chi connectivity index (χ3v) is 8.10. The van der Waals surface area contributed by atoms with Gasteiger partial charge in [-0.25, -0.2) is 4.79 Å². The molecule has 2 N–H and O–H groups in total. The second-order valence-electron chi connectivity index (χ2n) is 11.5.